The number of nitrogens with one attached hydrogen (secondary N) is 1. The maximum absolute atomic E-state index is 13.8. The van der Waals surface area contributed by atoms with Gasteiger partial charge in [-0.1, -0.05) is 0 Å². The van der Waals surface area contributed by atoms with Gasteiger partial charge in [-0.05, 0) is 19.1 Å². The number of nitrogens with zero attached hydrogens (tertiary/aromatic N) is 1. The van der Waals surface area contributed by atoms with Crippen LogP contribution in [0.25, 0.3) is 10.9 Å². The second-order valence-corrected chi connectivity index (χ2v) is 4.79. The summed E-state index contributed by atoms with van der Waals surface area (Å²) in [6.45, 7) is 1.42. The van der Waals surface area contributed by atoms with E-state index in [1.54, 1.807) is 0 Å². The Hall–Kier alpha value is -2.28. The Kier molecular flexibility index (Phi) is 4.04. The molecule has 0 spiro atoms. The molecule has 1 unspecified atom stereocenters. The topological polar surface area (TPSA) is 71.3 Å². The summed E-state index contributed by atoms with van der Waals surface area (Å²) in [4.78, 5) is 24.1. The molecule has 0 aliphatic carbocycles. The van der Waals surface area contributed by atoms with E-state index in [0.717, 1.165) is 18.3 Å². The minimum atomic E-state index is -0.892. The number of carbonyl (C=O) groups is 1. The van der Waals surface area contributed by atoms with Gasteiger partial charge in [-0.25, -0.2) is 8.78 Å². The molecule has 2 aromatic rings. The van der Waals surface area contributed by atoms with E-state index >= 15 is 0 Å². The fourth-order valence-electron chi connectivity index (χ4n) is 2.05. The Morgan fingerprint density at radius 1 is 1.38 bits per heavy atom. The van der Waals surface area contributed by atoms with E-state index in [-0.39, 0.29) is 17.6 Å². The van der Waals surface area contributed by atoms with Crippen LogP contribution in [0.4, 0.5) is 8.78 Å². The monoisotopic (exact) mass is 296 g/mol. The Morgan fingerprint density at radius 2 is 2.00 bits per heavy atom. The fourth-order valence-corrected chi connectivity index (χ4v) is 2.05. The van der Waals surface area contributed by atoms with Gasteiger partial charge in [-0.2, -0.15) is 0 Å². The minimum Gasteiger partial charge on any atom is -0.392 e. The van der Waals surface area contributed by atoms with Crippen LogP contribution in [-0.4, -0.2) is 28.2 Å². The van der Waals surface area contributed by atoms with E-state index in [1.165, 1.54) is 18.5 Å². The number of amides is 1. The number of hydrogen-bond acceptors (Lipinski definition) is 3. The molecule has 112 valence electrons. The molecule has 2 N–H and O–H groups in total. The molecule has 2 rings (SSSR count). The fraction of sp³-hybridized carbons (Fsp3) is 0.286. The van der Waals surface area contributed by atoms with Crippen LogP contribution < -0.4 is 10.7 Å². The molecule has 0 aliphatic heterocycles. The first-order valence-electron chi connectivity index (χ1n) is 6.26. The summed E-state index contributed by atoms with van der Waals surface area (Å²) in [5.74, 6) is -2.39. The summed E-state index contributed by atoms with van der Waals surface area (Å²) in [5.41, 5.74) is -1.40. The van der Waals surface area contributed by atoms with Crippen molar-refractivity contribution in [2.24, 2.45) is 7.05 Å². The van der Waals surface area contributed by atoms with Gasteiger partial charge in [0.15, 0.2) is 0 Å². The molecule has 0 fully saturated rings. The van der Waals surface area contributed by atoms with Crippen LogP contribution in [0, 0.1) is 11.6 Å². The van der Waals surface area contributed by atoms with Gasteiger partial charge in [-0.3, -0.25) is 9.59 Å². The largest absolute Gasteiger partial charge is 0.392 e. The Morgan fingerprint density at radius 3 is 2.62 bits per heavy atom. The van der Waals surface area contributed by atoms with E-state index in [4.69, 9.17) is 5.11 Å². The van der Waals surface area contributed by atoms with Crippen LogP contribution in [0.15, 0.2) is 23.1 Å². The van der Waals surface area contributed by atoms with Crippen molar-refractivity contribution < 1.29 is 18.7 Å². The third kappa shape index (κ3) is 2.78. The van der Waals surface area contributed by atoms with Crippen molar-refractivity contribution in [1.82, 2.24) is 9.88 Å². The molecule has 1 aromatic carbocycles. The summed E-state index contributed by atoms with van der Waals surface area (Å²) < 4.78 is 28.7. The molecule has 5 nitrogen and oxygen atoms in total. The van der Waals surface area contributed by atoms with E-state index in [0.29, 0.717) is 0 Å². The maximum atomic E-state index is 13.8. The van der Waals surface area contributed by atoms with Gasteiger partial charge >= 0.3 is 0 Å². The molecule has 1 atom stereocenters. The molecule has 0 saturated carbocycles. The lowest BCUT2D eigenvalue weighted by Crippen LogP contribution is -2.34. The van der Waals surface area contributed by atoms with Crippen LogP contribution in [0.3, 0.4) is 0 Å². The molecule has 1 aromatic heterocycles. The van der Waals surface area contributed by atoms with Crippen molar-refractivity contribution in [2.45, 2.75) is 13.0 Å². The standard InChI is InChI=1S/C14H14F2N2O3/c1-7(19)5-17-14(21)8-6-18(2)12-10(16)4-3-9(15)11(12)13(8)20/h3-4,6-7,19H,5H2,1-2H3,(H,17,21). The summed E-state index contributed by atoms with van der Waals surface area (Å²) in [7, 11) is 1.41. The molecule has 21 heavy (non-hydrogen) atoms. The quantitative estimate of drug-likeness (QED) is 0.885. The van der Waals surface area contributed by atoms with Gasteiger partial charge in [0.05, 0.1) is 17.0 Å². The van der Waals surface area contributed by atoms with Crippen LogP contribution in [-0.2, 0) is 7.05 Å². The Labute approximate surface area is 118 Å². The Bertz CT molecular complexity index is 769. The number of fused-ring (bicyclic) bond motifs is 1. The zero-order valence-electron chi connectivity index (χ0n) is 11.5. The lowest BCUT2D eigenvalue weighted by atomic mass is 10.1. The van der Waals surface area contributed by atoms with Crippen molar-refractivity contribution in [2.75, 3.05) is 6.54 Å². The van der Waals surface area contributed by atoms with Crippen LogP contribution in [0.2, 0.25) is 0 Å². The lowest BCUT2D eigenvalue weighted by molar-refractivity contribution is 0.0922. The highest BCUT2D eigenvalue weighted by Crippen LogP contribution is 2.18. The average Bonchev–Trinajstić information content (AvgIpc) is 2.42. The van der Waals surface area contributed by atoms with E-state index < -0.39 is 34.5 Å². The highest BCUT2D eigenvalue weighted by atomic mass is 19.1. The average molecular weight is 296 g/mol. The summed E-state index contributed by atoms with van der Waals surface area (Å²) in [5, 5.41) is 11.0. The first kappa shape index (κ1) is 15.1. The van der Waals surface area contributed by atoms with Gasteiger partial charge in [0, 0.05) is 19.8 Å². The third-order valence-corrected chi connectivity index (χ3v) is 3.03. The van der Waals surface area contributed by atoms with Gasteiger partial charge in [0.2, 0.25) is 5.43 Å². The first-order chi connectivity index (χ1) is 9.82. The Balaban J connectivity index is 2.63. The predicted octanol–water partition coefficient (Wildman–Crippen LogP) is 0.927. The second-order valence-electron chi connectivity index (χ2n) is 4.79. The van der Waals surface area contributed by atoms with Crippen molar-refractivity contribution in [3.8, 4) is 0 Å². The van der Waals surface area contributed by atoms with E-state index in [2.05, 4.69) is 5.32 Å². The number of aliphatic hydroxyl groups excluding tert-OH is 1. The van der Waals surface area contributed by atoms with Gasteiger partial charge in [-0.15, -0.1) is 0 Å². The zero-order valence-corrected chi connectivity index (χ0v) is 11.5. The summed E-state index contributed by atoms with van der Waals surface area (Å²) >= 11 is 0. The van der Waals surface area contributed by atoms with Crippen molar-refractivity contribution in [3.63, 3.8) is 0 Å². The number of hydrogen-bond donors (Lipinski definition) is 2. The number of carbonyl (C=O) groups excluding carboxylic acids is 1. The highest BCUT2D eigenvalue weighted by Gasteiger charge is 2.19. The molecule has 0 radical (unpaired) electrons. The molecular weight excluding hydrogens is 282 g/mol. The first-order valence-corrected chi connectivity index (χ1v) is 6.26. The molecule has 7 heteroatoms. The van der Waals surface area contributed by atoms with Gasteiger partial charge < -0.3 is 15.0 Å². The molecule has 1 heterocycles. The third-order valence-electron chi connectivity index (χ3n) is 3.03. The molecular formula is C14H14F2N2O3. The smallest absolute Gasteiger partial charge is 0.256 e. The molecule has 0 saturated heterocycles. The number of pyridine rings is 1. The van der Waals surface area contributed by atoms with E-state index in [9.17, 15) is 18.4 Å². The summed E-state index contributed by atoms with van der Waals surface area (Å²) in [6.07, 6.45) is 0.359. The van der Waals surface area contributed by atoms with Crippen LogP contribution >= 0.6 is 0 Å². The number of aryl methyl sites for hydroxylation is 1. The minimum absolute atomic E-state index is 0.0499. The van der Waals surface area contributed by atoms with Crippen LogP contribution in [0.1, 0.15) is 17.3 Å². The molecule has 0 bridgehead atoms. The number of aromatic nitrogens is 1. The number of rotatable bonds is 3. The van der Waals surface area contributed by atoms with E-state index in [1.807, 2.05) is 0 Å². The lowest BCUT2D eigenvalue weighted by Gasteiger charge is -2.11. The summed E-state index contributed by atoms with van der Waals surface area (Å²) in [6, 6.07) is 1.76. The van der Waals surface area contributed by atoms with Crippen LogP contribution in [0.5, 0.6) is 0 Å². The second kappa shape index (κ2) is 5.61. The number of benzene rings is 1. The predicted molar refractivity (Wildman–Crippen MR) is 73.1 cm³/mol. The normalized spacial score (nSPS) is 12.4. The number of aliphatic hydroxyl groups is 1. The van der Waals surface area contributed by atoms with Crippen molar-refractivity contribution in [1.29, 1.82) is 0 Å². The highest BCUT2D eigenvalue weighted by molar-refractivity contribution is 5.97. The maximum Gasteiger partial charge on any atom is 0.256 e. The zero-order chi connectivity index (χ0) is 15.7. The molecule has 1 amide bonds. The van der Waals surface area contributed by atoms with Gasteiger partial charge in [0.1, 0.15) is 17.2 Å². The van der Waals surface area contributed by atoms with Gasteiger partial charge in [0.25, 0.3) is 5.91 Å². The SMILES string of the molecule is CC(O)CNC(=O)c1cn(C)c2c(F)ccc(F)c2c1=O. The molecule has 0 aliphatic rings. The van der Waals surface area contributed by atoms with Crippen molar-refractivity contribution in [3.05, 3.63) is 45.8 Å². The van der Waals surface area contributed by atoms with Crippen molar-refractivity contribution >= 4 is 16.8 Å². The number of halogens is 2.